The van der Waals surface area contributed by atoms with Gasteiger partial charge in [0, 0.05) is 43.7 Å². The first-order chi connectivity index (χ1) is 14.2. The summed E-state index contributed by atoms with van der Waals surface area (Å²) >= 11 is 6.40. The number of urea groups is 1. The van der Waals surface area contributed by atoms with E-state index in [1.807, 2.05) is 53.4 Å². The first-order valence-electron chi connectivity index (χ1n) is 9.97. The number of nitrogens with zero attached hydrogens (tertiary/aromatic N) is 4. The number of carbonyl (C=O) groups is 1. The number of amides is 2. The Labute approximate surface area is 175 Å². The zero-order valence-electron chi connectivity index (χ0n) is 16.4. The van der Waals surface area contributed by atoms with Crippen LogP contribution in [-0.4, -0.2) is 53.6 Å². The van der Waals surface area contributed by atoms with Crippen LogP contribution in [0.5, 0.6) is 0 Å². The highest BCUT2D eigenvalue weighted by molar-refractivity contribution is 6.33. The summed E-state index contributed by atoms with van der Waals surface area (Å²) in [6.07, 6.45) is 0.934. The number of para-hydroxylation sites is 1. The summed E-state index contributed by atoms with van der Waals surface area (Å²) in [6, 6.07) is 15.6. The summed E-state index contributed by atoms with van der Waals surface area (Å²) in [6.45, 7) is 5.53. The van der Waals surface area contributed by atoms with Crippen molar-refractivity contribution in [3.63, 3.8) is 0 Å². The summed E-state index contributed by atoms with van der Waals surface area (Å²) in [5.74, 6) is 1.51. The van der Waals surface area contributed by atoms with E-state index in [1.165, 1.54) is 0 Å². The lowest BCUT2D eigenvalue weighted by molar-refractivity contribution is 0.194. The van der Waals surface area contributed by atoms with Gasteiger partial charge in [-0.2, -0.15) is 0 Å². The van der Waals surface area contributed by atoms with E-state index < -0.39 is 0 Å². The maximum absolute atomic E-state index is 12.2. The largest absolute Gasteiger partial charge is 0.352 e. The minimum Gasteiger partial charge on any atom is -0.352 e. The molecule has 2 aromatic carbocycles. The van der Waals surface area contributed by atoms with Crippen molar-refractivity contribution in [3.05, 3.63) is 53.6 Å². The van der Waals surface area contributed by atoms with Crippen molar-refractivity contribution in [1.29, 1.82) is 0 Å². The molecule has 1 saturated heterocycles. The van der Waals surface area contributed by atoms with Crippen LogP contribution in [0.15, 0.2) is 48.5 Å². The molecule has 0 spiro atoms. The first-order valence-corrected chi connectivity index (χ1v) is 10.3. The molecule has 0 radical (unpaired) electrons. The van der Waals surface area contributed by atoms with Gasteiger partial charge < -0.3 is 15.1 Å². The smallest absolute Gasteiger partial charge is 0.317 e. The van der Waals surface area contributed by atoms with Gasteiger partial charge >= 0.3 is 6.03 Å². The minimum atomic E-state index is 0.0100. The molecule has 1 fully saturated rings. The molecule has 0 unspecified atom stereocenters. The van der Waals surface area contributed by atoms with Crippen LogP contribution in [0, 0.1) is 0 Å². The second kappa shape index (κ2) is 8.66. The zero-order valence-corrected chi connectivity index (χ0v) is 17.2. The molecule has 29 heavy (non-hydrogen) atoms. The molecule has 1 N–H and O–H groups in total. The van der Waals surface area contributed by atoms with Gasteiger partial charge in [0.15, 0.2) is 5.82 Å². The van der Waals surface area contributed by atoms with Crippen molar-refractivity contribution in [3.8, 4) is 11.4 Å². The predicted octanol–water partition coefficient (Wildman–Crippen LogP) is 4.19. The van der Waals surface area contributed by atoms with E-state index in [9.17, 15) is 4.79 Å². The van der Waals surface area contributed by atoms with Crippen molar-refractivity contribution in [1.82, 2.24) is 20.2 Å². The molecule has 0 saturated carbocycles. The van der Waals surface area contributed by atoms with Crippen LogP contribution in [0.3, 0.4) is 0 Å². The van der Waals surface area contributed by atoms with Crippen LogP contribution >= 0.6 is 11.6 Å². The van der Waals surface area contributed by atoms with Gasteiger partial charge in [-0.1, -0.05) is 42.8 Å². The minimum absolute atomic E-state index is 0.0100. The maximum Gasteiger partial charge on any atom is 0.317 e. The second-order valence-electron chi connectivity index (χ2n) is 7.07. The number of nitrogens with one attached hydrogen (secondary N) is 1. The second-order valence-corrected chi connectivity index (χ2v) is 7.48. The van der Waals surface area contributed by atoms with E-state index in [2.05, 4.69) is 17.1 Å². The zero-order chi connectivity index (χ0) is 20.2. The number of rotatable bonds is 4. The number of fused-ring (bicyclic) bond motifs is 1. The van der Waals surface area contributed by atoms with Crippen LogP contribution in [0.25, 0.3) is 22.3 Å². The maximum atomic E-state index is 12.2. The van der Waals surface area contributed by atoms with Gasteiger partial charge in [-0.3, -0.25) is 0 Å². The standard InChI is InChI=1S/C22H24ClN5O/c1-2-11-24-22(29)28-14-12-27(13-15-28)21-17-8-4-6-10-19(17)25-20(26-21)16-7-3-5-9-18(16)23/h3-10H,2,11-15H2,1H3,(H,24,29). The molecule has 0 atom stereocenters. The Bertz CT molecular complexity index is 1020. The molecule has 7 heteroatoms. The molecule has 1 aromatic heterocycles. The van der Waals surface area contributed by atoms with E-state index in [0.717, 1.165) is 41.8 Å². The Morgan fingerprint density at radius 1 is 1.03 bits per heavy atom. The SMILES string of the molecule is CCCNC(=O)N1CCN(c2nc(-c3ccccc3Cl)nc3ccccc23)CC1. The average Bonchev–Trinajstić information content (AvgIpc) is 2.77. The molecular formula is C22H24ClN5O. The number of carbonyl (C=O) groups excluding carboxylic acids is 1. The van der Waals surface area contributed by atoms with Gasteiger partial charge in [0.1, 0.15) is 5.82 Å². The number of hydrogen-bond acceptors (Lipinski definition) is 4. The highest BCUT2D eigenvalue weighted by Crippen LogP contribution is 2.31. The topological polar surface area (TPSA) is 61.4 Å². The molecule has 1 aliphatic rings. The van der Waals surface area contributed by atoms with Gasteiger partial charge in [-0.05, 0) is 30.7 Å². The normalized spacial score (nSPS) is 14.3. The Morgan fingerprint density at radius 2 is 1.76 bits per heavy atom. The number of piperazine rings is 1. The molecular weight excluding hydrogens is 386 g/mol. The van der Waals surface area contributed by atoms with Gasteiger partial charge in [0.05, 0.1) is 10.5 Å². The Morgan fingerprint density at radius 3 is 2.52 bits per heavy atom. The summed E-state index contributed by atoms with van der Waals surface area (Å²) in [7, 11) is 0. The number of aromatic nitrogens is 2. The van der Waals surface area contributed by atoms with E-state index in [0.29, 0.717) is 30.5 Å². The van der Waals surface area contributed by atoms with Crippen molar-refractivity contribution >= 4 is 34.4 Å². The summed E-state index contributed by atoms with van der Waals surface area (Å²) in [5, 5.41) is 4.59. The average molecular weight is 410 g/mol. The molecule has 150 valence electrons. The molecule has 0 bridgehead atoms. The number of benzene rings is 2. The van der Waals surface area contributed by atoms with Crippen LogP contribution in [0.2, 0.25) is 5.02 Å². The third kappa shape index (κ3) is 4.12. The van der Waals surface area contributed by atoms with Gasteiger partial charge in [0.2, 0.25) is 0 Å². The molecule has 3 aromatic rings. The Balaban J connectivity index is 1.64. The summed E-state index contributed by atoms with van der Waals surface area (Å²) in [5.41, 5.74) is 1.70. The van der Waals surface area contributed by atoms with E-state index in [-0.39, 0.29) is 6.03 Å². The Hall–Kier alpha value is -2.86. The van der Waals surface area contributed by atoms with Crippen LogP contribution in [-0.2, 0) is 0 Å². The van der Waals surface area contributed by atoms with E-state index in [4.69, 9.17) is 21.6 Å². The van der Waals surface area contributed by atoms with Gasteiger partial charge in [0.25, 0.3) is 0 Å². The van der Waals surface area contributed by atoms with Crippen molar-refractivity contribution in [2.75, 3.05) is 37.6 Å². The third-order valence-corrected chi connectivity index (χ3v) is 5.42. The lowest BCUT2D eigenvalue weighted by Crippen LogP contribution is -2.52. The fourth-order valence-electron chi connectivity index (χ4n) is 3.53. The van der Waals surface area contributed by atoms with Crippen molar-refractivity contribution < 1.29 is 4.79 Å². The molecule has 2 amide bonds. The van der Waals surface area contributed by atoms with Crippen molar-refractivity contribution in [2.24, 2.45) is 0 Å². The molecule has 6 nitrogen and oxygen atoms in total. The fraction of sp³-hybridized carbons (Fsp3) is 0.318. The van der Waals surface area contributed by atoms with Gasteiger partial charge in [-0.15, -0.1) is 0 Å². The molecule has 4 rings (SSSR count). The highest BCUT2D eigenvalue weighted by atomic mass is 35.5. The Kier molecular flexibility index (Phi) is 5.81. The molecule has 0 aliphatic carbocycles. The van der Waals surface area contributed by atoms with Crippen LogP contribution in [0.1, 0.15) is 13.3 Å². The highest BCUT2D eigenvalue weighted by Gasteiger charge is 2.24. The fourth-order valence-corrected chi connectivity index (χ4v) is 3.75. The molecule has 2 heterocycles. The number of hydrogen-bond donors (Lipinski definition) is 1. The van der Waals surface area contributed by atoms with E-state index in [1.54, 1.807) is 0 Å². The first kappa shape index (κ1) is 19.5. The summed E-state index contributed by atoms with van der Waals surface area (Å²) < 4.78 is 0. The summed E-state index contributed by atoms with van der Waals surface area (Å²) in [4.78, 5) is 26.0. The van der Waals surface area contributed by atoms with E-state index >= 15 is 0 Å². The number of halogens is 1. The third-order valence-electron chi connectivity index (χ3n) is 5.09. The number of anilines is 1. The quantitative estimate of drug-likeness (QED) is 0.701. The molecule has 1 aliphatic heterocycles. The lowest BCUT2D eigenvalue weighted by atomic mass is 10.1. The predicted molar refractivity (Wildman–Crippen MR) is 117 cm³/mol. The van der Waals surface area contributed by atoms with Crippen LogP contribution < -0.4 is 10.2 Å². The van der Waals surface area contributed by atoms with Crippen molar-refractivity contribution in [2.45, 2.75) is 13.3 Å². The van der Waals surface area contributed by atoms with Crippen LogP contribution in [0.4, 0.5) is 10.6 Å². The monoisotopic (exact) mass is 409 g/mol. The lowest BCUT2D eigenvalue weighted by Gasteiger charge is -2.36. The van der Waals surface area contributed by atoms with Gasteiger partial charge in [-0.25, -0.2) is 14.8 Å².